The van der Waals surface area contributed by atoms with Gasteiger partial charge in [0.2, 0.25) is 5.91 Å². The third kappa shape index (κ3) is 4.01. The topological polar surface area (TPSA) is 99.0 Å². The number of aliphatic hydroxyl groups excluding tert-OH is 3. The Morgan fingerprint density at radius 3 is 2.14 bits per heavy atom. The number of nitrogens with one attached hydrogen (secondary N) is 1. The lowest BCUT2D eigenvalue weighted by Gasteiger charge is -2.28. The van der Waals surface area contributed by atoms with Crippen LogP contribution in [0.1, 0.15) is 6.92 Å². The van der Waals surface area contributed by atoms with Crippen LogP contribution in [0.5, 0.6) is 0 Å². The van der Waals surface area contributed by atoms with Gasteiger partial charge in [-0.3, -0.25) is 4.79 Å². The van der Waals surface area contributed by atoms with E-state index in [1.165, 1.54) is 0 Å². The van der Waals surface area contributed by atoms with Gasteiger partial charge < -0.3 is 25.4 Å². The monoisotopic (exact) mass is 207 g/mol. The van der Waals surface area contributed by atoms with Crippen molar-refractivity contribution >= 4 is 5.91 Å². The number of rotatable bonds is 7. The molecular formula is C8H17NO5. The minimum atomic E-state index is -1.37. The second kappa shape index (κ2) is 6.72. The van der Waals surface area contributed by atoms with Crippen LogP contribution in [0.4, 0.5) is 0 Å². The van der Waals surface area contributed by atoms with E-state index in [0.717, 1.165) is 0 Å². The Morgan fingerprint density at radius 2 is 1.79 bits per heavy atom. The van der Waals surface area contributed by atoms with Crippen LogP contribution in [-0.2, 0) is 9.53 Å². The summed E-state index contributed by atoms with van der Waals surface area (Å²) in [6.07, 6.45) is 0. The summed E-state index contributed by atoms with van der Waals surface area (Å²) in [4.78, 5) is 11.1. The summed E-state index contributed by atoms with van der Waals surface area (Å²) in [5.74, 6) is -0.482. The quantitative estimate of drug-likeness (QED) is 0.381. The van der Waals surface area contributed by atoms with E-state index >= 15 is 0 Å². The van der Waals surface area contributed by atoms with Gasteiger partial charge in [-0.2, -0.15) is 0 Å². The first-order valence-electron chi connectivity index (χ1n) is 4.35. The maximum absolute atomic E-state index is 11.1. The Balaban J connectivity index is 4.08. The normalized spacial score (nSPS) is 11.4. The molecule has 0 aliphatic heterocycles. The molecule has 0 aromatic rings. The van der Waals surface area contributed by atoms with Crippen molar-refractivity contribution in [1.82, 2.24) is 5.32 Å². The minimum absolute atomic E-state index is 0.155. The lowest BCUT2D eigenvalue weighted by molar-refractivity contribution is -0.129. The van der Waals surface area contributed by atoms with Gasteiger partial charge in [0.05, 0.1) is 19.8 Å². The summed E-state index contributed by atoms with van der Waals surface area (Å²) in [5.41, 5.74) is -1.37. The van der Waals surface area contributed by atoms with Gasteiger partial charge in [0.25, 0.3) is 0 Å². The zero-order chi connectivity index (χ0) is 11.0. The Kier molecular flexibility index (Phi) is 6.39. The van der Waals surface area contributed by atoms with E-state index in [0.29, 0.717) is 6.61 Å². The lowest BCUT2D eigenvalue weighted by atomic mass is 10.0. The molecule has 0 atom stereocenters. The zero-order valence-electron chi connectivity index (χ0n) is 8.19. The first kappa shape index (κ1) is 13.3. The highest BCUT2D eigenvalue weighted by atomic mass is 16.5. The molecule has 0 spiro atoms. The van der Waals surface area contributed by atoms with Crippen LogP contribution in [0.2, 0.25) is 0 Å². The molecule has 1 amide bonds. The first-order chi connectivity index (χ1) is 6.64. The van der Waals surface area contributed by atoms with Crippen molar-refractivity contribution in [3.63, 3.8) is 0 Å². The molecule has 14 heavy (non-hydrogen) atoms. The average Bonchev–Trinajstić information content (AvgIpc) is 2.23. The van der Waals surface area contributed by atoms with Gasteiger partial charge in [0.1, 0.15) is 12.1 Å². The summed E-state index contributed by atoms with van der Waals surface area (Å²) in [6.45, 7) is 0.397. The van der Waals surface area contributed by atoms with Crippen LogP contribution in [0, 0.1) is 0 Å². The molecule has 0 radical (unpaired) electrons. The molecule has 0 rings (SSSR count). The van der Waals surface area contributed by atoms with Crippen molar-refractivity contribution in [3.05, 3.63) is 0 Å². The first-order valence-corrected chi connectivity index (χ1v) is 4.35. The highest BCUT2D eigenvalue weighted by Gasteiger charge is 2.29. The van der Waals surface area contributed by atoms with Gasteiger partial charge in [-0.15, -0.1) is 0 Å². The summed E-state index contributed by atoms with van der Waals surface area (Å²) in [6, 6.07) is 0. The van der Waals surface area contributed by atoms with Crippen molar-refractivity contribution in [2.45, 2.75) is 12.5 Å². The molecule has 0 aliphatic rings. The Hall–Kier alpha value is -0.690. The van der Waals surface area contributed by atoms with Gasteiger partial charge >= 0.3 is 0 Å². The van der Waals surface area contributed by atoms with Gasteiger partial charge in [-0.1, -0.05) is 0 Å². The summed E-state index contributed by atoms with van der Waals surface area (Å²) in [5, 5.41) is 28.9. The van der Waals surface area contributed by atoms with Crippen LogP contribution in [0.25, 0.3) is 0 Å². The highest BCUT2D eigenvalue weighted by molar-refractivity contribution is 5.78. The van der Waals surface area contributed by atoms with E-state index < -0.39 is 31.3 Å². The number of aliphatic hydroxyl groups is 3. The van der Waals surface area contributed by atoms with E-state index in [1.54, 1.807) is 6.92 Å². The van der Waals surface area contributed by atoms with Crippen molar-refractivity contribution in [2.24, 2.45) is 0 Å². The molecule has 6 heteroatoms. The van der Waals surface area contributed by atoms with E-state index in [2.05, 4.69) is 5.32 Å². The van der Waals surface area contributed by atoms with Crippen LogP contribution < -0.4 is 5.32 Å². The second-order valence-corrected chi connectivity index (χ2v) is 2.94. The third-order valence-electron chi connectivity index (χ3n) is 1.75. The molecule has 0 bridgehead atoms. The summed E-state index contributed by atoms with van der Waals surface area (Å²) in [7, 11) is 0. The smallest absolute Gasteiger partial charge is 0.246 e. The maximum Gasteiger partial charge on any atom is 0.246 e. The molecule has 0 aromatic heterocycles. The van der Waals surface area contributed by atoms with Crippen LogP contribution in [0.15, 0.2) is 0 Å². The van der Waals surface area contributed by atoms with E-state index in [9.17, 15) is 4.79 Å². The standard InChI is InChI=1S/C8H17NO5/c1-2-14-3-7(13)9-8(4-10,5-11)6-12/h10-12H,2-6H2,1H3,(H,9,13). The van der Waals surface area contributed by atoms with E-state index in [4.69, 9.17) is 20.1 Å². The Bertz CT molecular complexity index is 161. The van der Waals surface area contributed by atoms with Crippen LogP contribution in [-0.4, -0.2) is 59.8 Å². The minimum Gasteiger partial charge on any atom is -0.394 e. The number of ether oxygens (including phenoxy) is 1. The van der Waals surface area contributed by atoms with Gasteiger partial charge in [-0.25, -0.2) is 0 Å². The second-order valence-electron chi connectivity index (χ2n) is 2.94. The van der Waals surface area contributed by atoms with Gasteiger partial charge in [0, 0.05) is 6.61 Å². The molecule has 0 heterocycles. The molecule has 84 valence electrons. The fourth-order valence-electron chi connectivity index (χ4n) is 0.795. The average molecular weight is 207 g/mol. The summed E-state index contributed by atoms with van der Waals surface area (Å²) >= 11 is 0. The third-order valence-corrected chi connectivity index (χ3v) is 1.75. The number of carbonyl (C=O) groups is 1. The van der Waals surface area contributed by atoms with Gasteiger partial charge in [0.15, 0.2) is 0 Å². The highest BCUT2D eigenvalue weighted by Crippen LogP contribution is 2.00. The van der Waals surface area contributed by atoms with E-state index in [1.807, 2.05) is 0 Å². The molecular weight excluding hydrogens is 190 g/mol. The molecule has 6 nitrogen and oxygen atoms in total. The van der Waals surface area contributed by atoms with Crippen molar-refractivity contribution in [3.8, 4) is 0 Å². The molecule has 0 unspecified atom stereocenters. The number of carbonyl (C=O) groups excluding carboxylic acids is 1. The lowest BCUT2D eigenvalue weighted by Crippen LogP contribution is -2.57. The van der Waals surface area contributed by atoms with Crippen molar-refractivity contribution in [2.75, 3.05) is 33.0 Å². The summed E-state index contributed by atoms with van der Waals surface area (Å²) < 4.78 is 4.82. The van der Waals surface area contributed by atoms with Crippen LogP contribution >= 0.6 is 0 Å². The van der Waals surface area contributed by atoms with Crippen LogP contribution in [0.3, 0.4) is 0 Å². The number of hydrogen-bond donors (Lipinski definition) is 4. The van der Waals surface area contributed by atoms with E-state index in [-0.39, 0.29) is 6.61 Å². The molecule has 0 aliphatic carbocycles. The predicted molar refractivity (Wildman–Crippen MR) is 48.6 cm³/mol. The Morgan fingerprint density at radius 1 is 1.29 bits per heavy atom. The number of hydrogen-bond acceptors (Lipinski definition) is 5. The Labute approximate surface area is 82.5 Å². The molecule has 0 saturated heterocycles. The molecule has 0 fully saturated rings. The molecule has 4 N–H and O–H groups in total. The zero-order valence-corrected chi connectivity index (χ0v) is 8.19. The largest absolute Gasteiger partial charge is 0.394 e. The SMILES string of the molecule is CCOCC(=O)NC(CO)(CO)CO. The predicted octanol–water partition coefficient (Wildman–Crippen LogP) is -2.15. The van der Waals surface area contributed by atoms with Crippen molar-refractivity contribution in [1.29, 1.82) is 0 Å². The number of amides is 1. The van der Waals surface area contributed by atoms with Gasteiger partial charge in [-0.05, 0) is 6.92 Å². The molecule has 0 aromatic carbocycles. The maximum atomic E-state index is 11.1. The molecule has 0 saturated carbocycles. The fraction of sp³-hybridized carbons (Fsp3) is 0.875. The fourth-order valence-corrected chi connectivity index (χ4v) is 0.795. The van der Waals surface area contributed by atoms with Crippen molar-refractivity contribution < 1.29 is 24.9 Å².